The zero-order chi connectivity index (χ0) is 10.1. The maximum absolute atomic E-state index is 11.3. The van der Waals surface area contributed by atoms with E-state index in [2.05, 4.69) is 4.99 Å². The largest absolute Gasteiger partial charge is 0.289 e. The van der Waals surface area contributed by atoms with Gasteiger partial charge in [0.1, 0.15) is 11.6 Å². The van der Waals surface area contributed by atoms with E-state index in [0.29, 0.717) is 5.71 Å². The Morgan fingerprint density at radius 1 is 1.50 bits per heavy atom. The lowest BCUT2D eigenvalue weighted by atomic mass is 9.93. The maximum Gasteiger partial charge on any atom is 0.289 e. The average Bonchev–Trinajstić information content (AvgIpc) is 2.18. The van der Waals surface area contributed by atoms with Crippen LogP contribution >= 0.6 is 11.6 Å². The molecule has 1 heterocycles. The van der Waals surface area contributed by atoms with Crippen molar-refractivity contribution >= 4 is 23.2 Å². The molecule has 0 aromatic carbocycles. The summed E-state index contributed by atoms with van der Waals surface area (Å²) in [6.07, 6.45) is 7.13. The van der Waals surface area contributed by atoms with Gasteiger partial charge in [0.2, 0.25) is 0 Å². The molecule has 2 rings (SSSR count). The molecule has 2 aliphatic rings. The van der Waals surface area contributed by atoms with Crippen molar-refractivity contribution < 1.29 is 4.79 Å². The van der Waals surface area contributed by atoms with Crippen molar-refractivity contribution in [3.63, 3.8) is 0 Å². The number of hydrogen-bond acceptors (Lipinski definition) is 2. The summed E-state index contributed by atoms with van der Waals surface area (Å²) in [5, 5.41) is 8.96. The molecule has 0 N–H and O–H groups in total. The number of nitrogens with zero attached hydrogens (tertiary/aromatic N) is 2. The molecule has 1 aliphatic heterocycles. The Hall–Kier alpha value is -1.66. The topological polar surface area (TPSA) is 53.2 Å². The molecule has 0 saturated carbocycles. The summed E-state index contributed by atoms with van der Waals surface area (Å²) in [5.41, 5.74) is 0.543. The fraction of sp³-hybridized carbons (Fsp3) is 0.100. The molecule has 4 heteroatoms. The van der Waals surface area contributed by atoms with E-state index in [4.69, 9.17) is 16.9 Å². The Morgan fingerprint density at radius 2 is 2.29 bits per heavy atom. The summed E-state index contributed by atoms with van der Waals surface area (Å²) in [5.74, 6) is -0.780. The minimum Gasteiger partial charge on any atom is -0.266 e. The number of dihydropyridines is 1. The number of allylic oxidation sites excluding steroid dienone is 5. The van der Waals surface area contributed by atoms with Gasteiger partial charge in [-0.15, -0.1) is 0 Å². The maximum atomic E-state index is 11.3. The highest BCUT2D eigenvalue weighted by Crippen LogP contribution is 2.29. The minimum atomic E-state index is -0.552. The Balaban J connectivity index is 2.53. The molecule has 0 saturated heterocycles. The molecule has 0 radical (unpaired) electrons. The fourth-order valence-electron chi connectivity index (χ4n) is 1.38. The summed E-state index contributed by atoms with van der Waals surface area (Å²) < 4.78 is 0. The molecular formula is C10H5ClN2O. The number of carbonyl (C=O) groups excluding carboxylic acids is 1. The van der Waals surface area contributed by atoms with Gasteiger partial charge in [0.05, 0.1) is 16.7 Å². The van der Waals surface area contributed by atoms with Crippen LogP contribution in [0.3, 0.4) is 0 Å². The van der Waals surface area contributed by atoms with Gasteiger partial charge in [-0.1, -0.05) is 29.8 Å². The highest BCUT2D eigenvalue weighted by atomic mass is 35.5. The standard InChI is InChI=1S/C10H5ClN2O/c11-9-6-3-1-2-4-8(6)13-10(14)7(9)5-12/h1-4,6H. The number of halogens is 1. The van der Waals surface area contributed by atoms with Crippen molar-refractivity contribution in [1.82, 2.24) is 0 Å². The second kappa shape index (κ2) is 3.24. The van der Waals surface area contributed by atoms with Gasteiger partial charge in [0.15, 0.2) is 0 Å². The zero-order valence-electron chi connectivity index (χ0n) is 7.07. The highest BCUT2D eigenvalue weighted by Gasteiger charge is 2.28. The van der Waals surface area contributed by atoms with E-state index in [1.807, 2.05) is 12.2 Å². The molecule has 68 valence electrons. The number of aliphatic imine (C=N–C) groups is 1. The van der Waals surface area contributed by atoms with Crippen LogP contribution in [0.5, 0.6) is 0 Å². The second-order valence-corrected chi connectivity index (χ2v) is 3.31. The van der Waals surface area contributed by atoms with Crippen LogP contribution in [0.15, 0.2) is 39.9 Å². The van der Waals surface area contributed by atoms with Crippen LogP contribution in [0.4, 0.5) is 0 Å². The molecular weight excluding hydrogens is 200 g/mol. The summed E-state index contributed by atoms with van der Waals surface area (Å²) in [6, 6.07) is 1.77. The predicted octanol–water partition coefficient (Wildman–Crippen LogP) is 1.73. The van der Waals surface area contributed by atoms with Crippen molar-refractivity contribution in [2.45, 2.75) is 0 Å². The van der Waals surface area contributed by atoms with E-state index in [0.717, 1.165) is 0 Å². The van der Waals surface area contributed by atoms with Gasteiger partial charge < -0.3 is 0 Å². The molecule has 1 amide bonds. The van der Waals surface area contributed by atoms with E-state index in [9.17, 15) is 4.79 Å². The van der Waals surface area contributed by atoms with Gasteiger partial charge in [-0.05, 0) is 6.08 Å². The third kappa shape index (κ3) is 1.21. The SMILES string of the molecule is N#CC1=C(Cl)C2C=CC=CC2=NC1=O. The van der Waals surface area contributed by atoms with E-state index < -0.39 is 5.91 Å². The van der Waals surface area contributed by atoms with Gasteiger partial charge >= 0.3 is 0 Å². The van der Waals surface area contributed by atoms with Gasteiger partial charge in [-0.2, -0.15) is 5.26 Å². The Bertz CT molecular complexity index is 463. The first kappa shape index (κ1) is 8.92. The van der Waals surface area contributed by atoms with Crippen molar-refractivity contribution in [2.75, 3.05) is 0 Å². The molecule has 0 aromatic heterocycles. The molecule has 0 aromatic rings. The first-order chi connectivity index (χ1) is 6.74. The summed E-state index contributed by atoms with van der Waals surface area (Å²) in [7, 11) is 0. The highest BCUT2D eigenvalue weighted by molar-refractivity contribution is 6.37. The van der Waals surface area contributed by atoms with Crippen LogP contribution < -0.4 is 0 Å². The molecule has 1 atom stereocenters. The first-order valence-corrected chi connectivity index (χ1v) is 4.39. The summed E-state index contributed by atoms with van der Waals surface area (Å²) in [4.78, 5) is 15.1. The smallest absolute Gasteiger partial charge is 0.266 e. The third-order valence-electron chi connectivity index (χ3n) is 2.07. The van der Waals surface area contributed by atoms with Gasteiger partial charge in [0.25, 0.3) is 5.91 Å². The zero-order valence-corrected chi connectivity index (χ0v) is 7.82. The van der Waals surface area contributed by atoms with Crippen LogP contribution in [0, 0.1) is 17.2 Å². The molecule has 0 bridgehead atoms. The summed E-state index contributed by atoms with van der Waals surface area (Å²) in [6.45, 7) is 0. The monoisotopic (exact) mass is 204 g/mol. The van der Waals surface area contributed by atoms with E-state index >= 15 is 0 Å². The van der Waals surface area contributed by atoms with E-state index in [1.54, 1.807) is 18.2 Å². The normalized spacial score (nSPS) is 24.4. The average molecular weight is 205 g/mol. The van der Waals surface area contributed by atoms with Crippen LogP contribution in [0.1, 0.15) is 0 Å². The Labute approximate surface area is 85.7 Å². The van der Waals surface area contributed by atoms with Crippen molar-refractivity contribution in [2.24, 2.45) is 10.9 Å². The number of amides is 1. The van der Waals surface area contributed by atoms with Crippen molar-refractivity contribution in [3.8, 4) is 6.07 Å². The lowest BCUT2D eigenvalue weighted by Gasteiger charge is -2.19. The second-order valence-electron chi connectivity index (χ2n) is 2.90. The van der Waals surface area contributed by atoms with Crippen LogP contribution in [0.25, 0.3) is 0 Å². The quantitative estimate of drug-likeness (QED) is 0.603. The minimum absolute atomic E-state index is 0.0552. The first-order valence-electron chi connectivity index (χ1n) is 4.01. The number of nitriles is 1. The lowest BCUT2D eigenvalue weighted by molar-refractivity contribution is -0.114. The molecule has 3 nitrogen and oxygen atoms in total. The van der Waals surface area contributed by atoms with E-state index in [1.165, 1.54) is 0 Å². The number of rotatable bonds is 0. The van der Waals surface area contributed by atoms with Crippen LogP contribution in [-0.4, -0.2) is 11.6 Å². The number of hydrogen-bond donors (Lipinski definition) is 0. The van der Waals surface area contributed by atoms with E-state index in [-0.39, 0.29) is 16.5 Å². The lowest BCUT2D eigenvalue weighted by Crippen LogP contribution is -2.22. The summed E-state index contributed by atoms with van der Waals surface area (Å²) >= 11 is 5.92. The Kier molecular flexibility index (Phi) is 2.06. The molecule has 0 spiro atoms. The van der Waals surface area contributed by atoms with Gasteiger partial charge in [0, 0.05) is 0 Å². The Morgan fingerprint density at radius 3 is 3.00 bits per heavy atom. The molecule has 14 heavy (non-hydrogen) atoms. The van der Waals surface area contributed by atoms with Crippen LogP contribution in [-0.2, 0) is 4.79 Å². The molecule has 0 fully saturated rings. The van der Waals surface area contributed by atoms with Crippen LogP contribution in [0.2, 0.25) is 0 Å². The predicted molar refractivity (Wildman–Crippen MR) is 52.7 cm³/mol. The molecule has 1 aliphatic carbocycles. The van der Waals surface area contributed by atoms with Crippen molar-refractivity contribution in [3.05, 3.63) is 34.9 Å². The van der Waals surface area contributed by atoms with Crippen molar-refractivity contribution in [1.29, 1.82) is 5.26 Å². The van der Waals surface area contributed by atoms with Gasteiger partial charge in [-0.3, -0.25) is 4.79 Å². The molecule has 1 unspecified atom stereocenters. The third-order valence-corrected chi connectivity index (χ3v) is 2.49. The number of carbonyl (C=O) groups is 1. The number of fused-ring (bicyclic) bond motifs is 1. The fourth-order valence-corrected chi connectivity index (χ4v) is 1.69. The van der Waals surface area contributed by atoms with Gasteiger partial charge in [-0.25, -0.2) is 4.99 Å².